The highest BCUT2D eigenvalue weighted by molar-refractivity contribution is 5.88. The lowest BCUT2D eigenvalue weighted by Crippen LogP contribution is -2.12. The SMILES string of the molecule is O=C(O)c1cnc(NCCn2ccnc2)c([N+](=O)[O-])c1. The first-order valence-corrected chi connectivity index (χ1v) is 5.65. The van der Waals surface area contributed by atoms with Crippen molar-refractivity contribution in [1.29, 1.82) is 0 Å². The van der Waals surface area contributed by atoms with E-state index in [0.29, 0.717) is 13.1 Å². The van der Waals surface area contributed by atoms with Gasteiger partial charge in [0.2, 0.25) is 5.82 Å². The van der Waals surface area contributed by atoms with Crippen LogP contribution in [-0.2, 0) is 6.54 Å². The lowest BCUT2D eigenvalue weighted by molar-refractivity contribution is -0.384. The Balaban J connectivity index is 2.10. The minimum absolute atomic E-state index is 0.0418. The van der Waals surface area contributed by atoms with Gasteiger partial charge in [0, 0.05) is 37.7 Å². The van der Waals surface area contributed by atoms with Crippen LogP contribution in [0.2, 0.25) is 0 Å². The van der Waals surface area contributed by atoms with Gasteiger partial charge in [-0.15, -0.1) is 0 Å². The number of nitro groups is 1. The van der Waals surface area contributed by atoms with E-state index in [0.717, 1.165) is 12.3 Å². The number of aromatic nitrogens is 3. The Morgan fingerprint density at radius 3 is 2.95 bits per heavy atom. The second-order valence-corrected chi connectivity index (χ2v) is 3.88. The number of pyridine rings is 1. The number of rotatable bonds is 6. The van der Waals surface area contributed by atoms with Crippen LogP contribution in [-0.4, -0.2) is 37.1 Å². The van der Waals surface area contributed by atoms with E-state index in [-0.39, 0.29) is 17.1 Å². The van der Waals surface area contributed by atoms with Crippen LogP contribution in [0, 0.1) is 10.1 Å². The third kappa shape index (κ3) is 3.07. The van der Waals surface area contributed by atoms with Crippen molar-refractivity contribution in [3.8, 4) is 0 Å². The molecule has 2 aromatic rings. The lowest BCUT2D eigenvalue weighted by atomic mass is 10.2. The average Bonchev–Trinajstić information content (AvgIpc) is 2.91. The number of anilines is 1. The second-order valence-electron chi connectivity index (χ2n) is 3.88. The monoisotopic (exact) mass is 277 g/mol. The summed E-state index contributed by atoms with van der Waals surface area (Å²) >= 11 is 0. The Labute approximate surface area is 113 Å². The molecule has 0 aliphatic carbocycles. The summed E-state index contributed by atoms with van der Waals surface area (Å²) in [6.07, 6.45) is 6.09. The topological polar surface area (TPSA) is 123 Å². The van der Waals surface area contributed by atoms with Crippen LogP contribution in [0.3, 0.4) is 0 Å². The Kier molecular flexibility index (Phi) is 3.89. The summed E-state index contributed by atoms with van der Waals surface area (Å²) < 4.78 is 1.80. The summed E-state index contributed by atoms with van der Waals surface area (Å²) in [5, 5.41) is 22.5. The quantitative estimate of drug-likeness (QED) is 0.596. The van der Waals surface area contributed by atoms with E-state index in [1.807, 2.05) is 0 Å². The van der Waals surface area contributed by atoms with Crippen molar-refractivity contribution in [2.45, 2.75) is 6.54 Å². The number of hydrogen-bond donors (Lipinski definition) is 2. The minimum Gasteiger partial charge on any atom is -0.478 e. The molecular weight excluding hydrogens is 266 g/mol. The van der Waals surface area contributed by atoms with Gasteiger partial charge in [-0.2, -0.15) is 0 Å². The standard InChI is InChI=1S/C11H11N5O4/c17-11(18)8-5-9(16(19)20)10(14-6-8)13-2-4-15-3-1-12-7-15/h1,3,5-7H,2,4H2,(H,13,14)(H,17,18). The number of imidazole rings is 1. The van der Waals surface area contributed by atoms with Gasteiger partial charge in [-0.3, -0.25) is 10.1 Å². The van der Waals surface area contributed by atoms with Crippen molar-refractivity contribution >= 4 is 17.5 Å². The van der Waals surface area contributed by atoms with Crippen LogP contribution in [0.5, 0.6) is 0 Å². The smallest absolute Gasteiger partial charge is 0.337 e. The Bertz CT molecular complexity index is 626. The summed E-state index contributed by atoms with van der Waals surface area (Å²) in [7, 11) is 0. The molecule has 0 unspecified atom stereocenters. The molecule has 0 radical (unpaired) electrons. The van der Waals surface area contributed by atoms with Crippen LogP contribution in [0.25, 0.3) is 0 Å². The molecule has 0 atom stereocenters. The number of nitrogens with one attached hydrogen (secondary N) is 1. The molecule has 2 N–H and O–H groups in total. The number of aromatic carboxylic acids is 1. The van der Waals surface area contributed by atoms with Crippen molar-refractivity contribution in [3.05, 3.63) is 46.7 Å². The zero-order valence-corrected chi connectivity index (χ0v) is 10.3. The van der Waals surface area contributed by atoms with Crippen LogP contribution in [0.1, 0.15) is 10.4 Å². The summed E-state index contributed by atoms with van der Waals surface area (Å²) in [4.78, 5) is 28.7. The third-order valence-corrected chi connectivity index (χ3v) is 2.53. The highest BCUT2D eigenvalue weighted by Gasteiger charge is 2.18. The van der Waals surface area contributed by atoms with E-state index >= 15 is 0 Å². The molecule has 2 heterocycles. The predicted octanol–water partition coefficient (Wildman–Crippen LogP) is 0.997. The molecule has 9 nitrogen and oxygen atoms in total. The van der Waals surface area contributed by atoms with E-state index in [1.54, 1.807) is 23.3 Å². The number of carboxylic acid groups (broad SMARTS) is 1. The number of carbonyl (C=O) groups is 1. The fourth-order valence-electron chi connectivity index (χ4n) is 1.57. The first-order valence-electron chi connectivity index (χ1n) is 5.65. The molecule has 0 amide bonds. The highest BCUT2D eigenvalue weighted by Crippen LogP contribution is 2.22. The van der Waals surface area contributed by atoms with E-state index in [2.05, 4.69) is 15.3 Å². The summed E-state index contributed by atoms with van der Waals surface area (Å²) in [6, 6.07) is 0.981. The van der Waals surface area contributed by atoms with Crippen molar-refractivity contribution in [3.63, 3.8) is 0 Å². The maximum absolute atomic E-state index is 10.9. The zero-order chi connectivity index (χ0) is 14.5. The van der Waals surface area contributed by atoms with Gasteiger partial charge < -0.3 is 15.0 Å². The van der Waals surface area contributed by atoms with Crippen molar-refractivity contribution in [1.82, 2.24) is 14.5 Å². The predicted molar refractivity (Wildman–Crippen MR) is 68.6 cm³/mol. The van der Waals surface area contributed by atoms with Gasteiger partial charge in [0.25, 0.3) is 0 Å². The molecule has 104 valence electrons. The first kappa shape index (κ1) is 13.5. The Morgan fingerprint density at radius 2 is 2.35 bits per heavy atom. The van der Waals surface area contributed by atoms with E-state index in [1.165, 1.54) is 0 Å². The number of nitrogens with zero attached hydrogens (tertiary/aromatic N) is 4. The maximum atomic E-state index is 10.9. The minimum atomic E-state index is -1.26. The largest absolute Gasteiger partial charge is 0.478 e. The second kappa shape index (κ2) is 5.78. The molecular formula is C11H11N5O4. The average molecular weight is 277 g/mol. The molecule has 0 fully saturated rings. The zero-order valence-electron chi connectivity index (χ0n) is 10.3. The van der Waals surface area contributed by atoms with Crippen LogP contribution in [0.4, 0.5) is 11.5 Å². The fourth-order valence-corrected chi connectivity index (χ4v) is 1.57. The summed E-state index contributed by atoms with van der Waals surface area (Å²) in [6.45, 7) is 0.954. The lowest BCUT2D eigenvalue weighted by Gasteiger charge is -2.07. The molecule has 20 heavy (non-hydrogen) atoms. The van der Waals surface area contributed by atoms with Gasteiger partial charge in [0.15, 0.2) is 0 Å². The highest BCUT2D eigenvalue weighted by atomic mass is 16.6. The van der Waals surface area contributed by atoms with Crippen LogP contribution >= 0.6 is 0 Å². The molecule has 0 saturated heterocycles. The summed E-state index contributed by atoms with van der Waals surface area (Å²) in [5.41, 5.74) is -0.590. The molecule has 0 aliphatic heterocycles. The number of carboxylic acids is 1. The third-order valence-electron chi connectivity index (χ3n) is 2.53. The molecule has 0 saturated carbocycles. The van der Waals surface area contributed by atoms with E-state index in [4.69, 9.17) is 5.11 Å². The molecule has 0 aromatic carbocycles. The Hall–Kier alpha value is -2.97. The first-order chi connectivity index (χ1) is 9.58. The molecule has 2 aromatic heterocycles. The molecule has 0 aliphatic rings. The number of hydrogen-bond acceptors (Lipinski definition) is 6. The molecule has 9 heteroatoms. The van der Waals surface area contributed by atoms with Crippen molar-refractivity contribution in [2.24, 2.45) is 0 Å². The van der Waals surface area contributed by atoms with Gasteiger partial charge in [-0.1, -0.05) is 0 Å². The van der Waals surface area contributed by atoms with E-state index < -0.39 is 10.9 Å². The fraction of sp³-hybridized carbons (Fsp3) is 0.182. The van der Waals surface area contributed by atoms with Gasteiger partial charge in [0.1, 0.15) is 0 Å². The molecule has 0 bridgehead atoms. The van der Waals surface area contributed by atoms with Crippen molar-refractivity contribution < 1.29 is 14.8 Å². The van der Waals surface area contributed by atoms with Crippen LogP contribution in [0.15, 0.2) is 31.0 Å². The molecule has 0 spiro atoms. The Morgan fingerprint density at radius 1 is 1.55 bits per heavy atom. The van der Waals surface area contributed by atoms with Gasteiger partial charge >= 0.3 is 11.7 Å². The van der Waals surface area contributed by atoms with E-state index in [9.17, 15) is 14.9 Å². The van der Waals surface area contributed by atoms with Crippen molar-refractivity contribution in [2.75, 3.05) is 11.9 Å². The maximum Gasteiger partial charge on any atom is 0.337 e. The summed E-state index contributed by atoms with van der Waals surface area (Å²) in [5.74, 6) is -1.22. The molecule has 2 rings (SSSR count). The van der Waals surface area contributed by atoms with Gasteiger partial charge in [-0.25, -0.2) is 14.8 Å². The normalized spacial score (nSPS) is 10.2. The van der Waals surface area contributed by atoms with Gasteiger partial charge in [-0.05, 0) is 0 Å². The van der Waals surface area contributed by atoms with Crippen LogP contribution < -0.4 is 5.32 Å². The van der Waals surface area contributed by atoms with Gasteiger partial charge in [0.05, 0.1) is 16.8 Å².